The Morgan fingerprint density at radius 1 is 1.13 bits per heavy atom. The van der Waals surface area contributed by atoms with Crippen LogP contribution in [0.1, 0.15) is 18.9 Å². The highest BCUT2D eigenvalue weighted by Gasteiger charge is 2.58. The molecule has 1 amide bonds. The highest BCUT2D eigenvalue weighted by molar-refractivity contribution is 7.72. The van der Waals surface area contributed by atoms with E-state index < -0.39 is 57.2 Å². The van der Waals surface area contributed by atoms with Crippen molar-refractivity contribution in [1.29, 1.82) is 0 Å². The van der Waals surface area contributed by atoms with E-state index in [0.717, 1.165) is 0 Å². The number of hydroxylamine groups is 1. The van der Waals surface area contributed by atoms with E-state index >= 15 is 0 Å². The van der Waals surface area contributed by atoms with Crippen LogP contribution in [0.2, 0.25) is 0 Å². The highest BCUT2D eigenvalue weighted by Crippen LogP contribution is 2.68. The third-order valence-corrected chi connectivity index (χ3v) is 7.84. The van der Waals surface area contributed by atoms with Crippen LogP contribution in [-0.2, 0) is 30.0 Å². The van der Waals surface area contributed by atoms with Gasteiger partial charge < -0.3 is 40.6 Å². The Kier molecular flexibility index (Phi) is 9.30. The number of amides is 1. The lowest BCUT2D eigenvalue weighted by Crippen LogP contribution is -2.50. The fourth-order valence-electron chi connectivity index (χ4n) is 2.22. The second-order valence-corrected chi connectivity index (χ2v) is 10.5. The van der Waals surface area contributed by atoms with Crippen LogP contribution in [0.4, 0.5) is 0 Å². The molecule has 0 saturated carbocycles. The number of carbonyl (C=O) groups is 2. The fraction of sp³-hybridized carbons (Fsp3) is 0.467. The summed E-state index contributed by atoms with van der Waals surface area (Å²) in [6.45, 7) is 0.696. The van der Waals surface area contributed by atoms with Crippen molar-refractivity contribution in [2.45, 2.75) is 36.9 Å². The average Bonchev–Trinajstić information content (AvgIpc) is 2.63. The maximum absolute atomic E-state index is 12.3. The van der Waals surface area contributed by atoms with Gasteiger partial charge in [-0.1, -0.05) is 30.3 Å². The van der Waals surface area contributed by atoms with Crippen LogP contribution in [0.3, 0.4) is 0 Å². The van der Waals surface area contributed by atoms with Crippen molar-refractivity contribution in [2.75, 3.05) is 6.54 Å². The molecule has 9 N–H and O–H groups in total. The predicted octanol–water partition coefficient (Wildman–Crippen LogP) is -1.50. The number of benzene rings is 1. The molecule has 170 valence electrons. The summed E-state index contributed by atoms with van der Waals surface area (Å²) in [5, 5.41) is 8.50. The molecule has 2 atom stereocenters. The van der Waals surface area contributed by atoms with Crippen molar-refractivity contribution in [1.82, 2.24) is 10.8 Å². The van der Waals surface area contributed by atoms with E-state index in [0.29, 0.717) is 5.56 Å². The molecule has 1 rings (SSSR count). The number of nitrogens with one attached hydrogen (secondary N) is 2. The zero-order valence-electron chi connectivity index (χ0n) is 15.9. The SMILES string of the molecule is C[C@H](N)C(=O)NC(Cc1ccccc1)C(=O)ONCCC(O)(P(=O)(O)O)P(=O)(O)O. The Morgan fingerprint density at radius 2 is 1.67 bits per heavy atom. The Bertz CT molecular complexity index is 801. The molecule has 1 aromatic carbocycles. The molecular weight excluding hydrogens is 444 g/mol. The zero-order valence-corrected chi connectivity index (χ0v) is 17.7. The van der Waals surface area contributed by atoms with E-state index in [1.165, 1.54) is 6.92 Å². The second-order valence-electron chi connectivity index (χ2n) is 6.47. The Hall–Kier alpha value is -1.66. The van der Waals surface area contributed by atoms with E-state index in [4.69, 9.17) is 30.1 Å². The molecule has 1 aromatic rings. The summed E-state index contributed by atoms with van der Waals surface area (Å²) in [6.07, 6.45) is -1.10. The lowest BCUT2D eigenvalue weighted by atomic mass is 10.1. The van der Waals surface area contributed by atoms with Crippen molar-refractivity contribution in [3.63, 3.8) is 0 Å². The van der Waals surface area contributed by atoms with Gasteiger partial charge in [-0.15, -0.1) is 0 Å². The third-order valence-electron chi connectivity index (χ3n) is 3.97. The predicted molar refractivity (Wildman–Crippen MR) is 103 cm³/mol. The summed E-state index contributed by atoms with van der Waals surface area (Å²) in [4.78, 5) is 65.1. The van der Waals surface area contributed by atoms with Gasteiger partial charge in [0.2, 0.25) is 5.91 Å². The van der Waals surface area contributed by atoms with Crippen molar-refractivity contribution < 1.29 is 48.2 Å². The molecule has 0 aliphatic rings. The van der Waals surface area contributed by atoms with Gasteiger partial charge >= 0.3 is 21.2 Å². The number of hydrogen-bond donors (Lipinski definition) is 8. The van der Waals surface area contributed by atoms with Gasteiger partial charge in [-0.2, -0.15) is 5.48 Å². The lowest BCUT2D eigenvalue weighted by Gasteiger charge is -2.29. The van der Waals surface area contributed by atoms with Crippen LogP contribution in [0.25, 0.3) is 0 Å². The summed E-state index contributed by atoms with van der Waals surface area (Å²) in [7, 11) is -11.3. The molecule has 0 bridgehead atoms. The van der Waals surface area contributed by atoms with Crippen molar-refractivity contribution in [3.8, 4) is 0 Å². The zero-order chi connectivity index (χ0) is 23.2. The van der Waals surface area contributed by atoms with E-state index in [1.54, 1.807) is 30.3 Å². The summed E-state index contributed by atoms with van der Waals surface area (Å²) in [6, 6.07) is 6.49. The summed E-state index contributed by atoms with van der Waals surface area (Å²) < 4.78 is 22.6. The van der Waals surface area contributed by atoms with E-state index in [2.05, 4.69) is 5.32 Å². The van der Waals surface area contributed by atoms with Crippen LogP contribution < -0.4 is 16.5 Å². The molecule has 0 fully saturated rings. The standard InChI is InChI=1S/C15H25N3O10P2/c1-10(16)13(19)18-12(9-11-5-3-2-4-6-11)14(20)28-17-8-7-15(21,29(22,23)24)30(25,26)27/h2-6,10,12,17,21H,7-9,16H2,1H3,(H,18,19)(H2,22,23,24)(H2,25,26,27)/t10-,12?/m0/s1. The van der Waals surface area contributed by atoms with Gasteiger partial charge in [0.15, 0.2) is 0 Å². The Balaban J connectivity index is 2.78. The van der Waals surface area contributed by atoms with Crippen molar-refractivity contribution >= 4 is 27.1 Å². The first-order valence-electron chi connectivity index (χ1n) is 8.56. The number of hydrogen-bond acceptors (Lipinski definition) is 8. The Labute approximate surface area is 171 Å². The molecule has 30 heavy (non-hydrogen) atoms. The maximum Gasteiger partial charge on any atom is 0.369 e. The average molecular weight is 469 g/mol. The Morgan fingerprint density at radius 3 is 2.13 bits per heavy atom. The van der Waals surface area contributed by atoms with Gasteiger partial charge in [-0.25, -0.2) is 4.79 Å². The summed E-state index contributed by atoms with van der Waals surface area (Å²) in [5.74, 6) is -1.63. The lowest BCUT2D eigenvalue weighted by molar-refractivity contribution is -0.155. The molecular formula is C15H25N3O10P2. The van der Waals surface area contributed by atoms with E-state index in [9.17, 15) is 23.8 Å². The van der Waals surface area contributed by atoms with Crippen molar-refractivity contribution in [3.05, 3.63) is 35.9 Å². The van der Waals surface area contributed by atoms with Gasteiger partial charge in [-0.3, -0.25) is 13.9 Å². The first kappa shape index (κ1) is 26.4. The number of rotatable bonds is 11. The van der Waals surface area contributed by atoms with Crippen molar-refractivity contribution in [2.24, 2.45) is 5.73 Å². The molecule has 0 heterocycles. The summed E-state index contributed by atoms with van der Waals surface area (Å²) >= 11 is 0. The monoisotopic (exact) mass is 469 g/mol. The van der Waals surface area contributed by atoms with Crippen LogP contribution in [0.5, 0.6) is 0 Å². The number of carbonyl (C=O) groups excluding carboxylic acids is 2. The highest BCUT2D eigenvalue weighted by atomic mass is 31.2. The van der Waals surface area contributed by atoms with Gasteiger partial charge in [0.05, 0.1) is 6.04 Å². The summed E-state index contributed by atoms with van der Waals surface area (Å²) in [5.41, 5.74) is 8.13. The van der Waals surface area contributed by atoms with Crippen LogP contribution in [-0.4, -0.2) is 60.3 Å². The molecule has 0 saturated heterocycles. The number of nitrogens with two attached hydrogens (primary N) is 1. The minimum absolute atomic E-state index is 0.0364. The fourth-order valence-corrected chi connectivity index (χ4v) is 4.38. The second kappa shape index (κ2) is 10.6. The van der Waals surface area contributed by atoms with Crippen LogP contribution in [0.15, 0.2) is 30.3 Å². The van der Waals surface area contributed by atoms with Gasteiger partial charge in [0.1, 0.15) is 6.04 Å². The molecule has 0 aliphatic carbocycles. The molecule has 0 aromatic heterocycles. The molecule has 1 unspecified atom stereocenters. The minimum atomic E-state index is -5.63. The molecule has 0 radical (unpaired) electrons. The van der Waals surface area contributed by atoms with Gasteiger partial charge in [0, 0.05) is 19.4 Å². The normalized spacial score (nSPS) is 14.6. The van der Waals surface area contributed by atoms with E-state index in [-0.39, 0.29) is 6.42 Å². The molecule has 0 spiro atoms. The third kappa shape index (κ3) is 7.24. The molecule has 0 aliphatic heterocycles. The molecule has 13 nitrogen and oxygen atoms in total. The quantitative estimate of drug-likeness (QED) is 0.105. The van der Waals surface area contributed by atoms with Crippen LogP contribution in [0, 0.1) is 0 Å². The molecule has 15 heteroatoms. The number of aliphatic hydroxyl groups is 1. The van der Waals surface area contributed by atoms with Gasteiger partial charge in [-0.05, 0) is 12.5 Å². The smallest absolute Gasteiger partial charge is 0.369 e. The van der Waals surface area contributed by atoms with E-state index in [1.807, 2.05) is 5.48 Å². The first-order chi connectivity index (χ1) is 13.7. The topological polar surface area (TPSA) is 229 Å². The van der Waals surface area contributed by atoms with Gasteiger partial charge in [0.25, 0.3) is 5.08 Å². The largest absolute Gasteiger partial charge is 0.369 e. The van der Waals surface area contributed by atoms with Crippen LogP contribution >= 0.6 is 15.2 Å². The maximum atomic E-state index is 12.3. The minimum Gasteiger partial charge on any atom is -0.369 e. The first-order valence-corrected chi connectivity index (χ1v) is 11.8.